The van der Waals surface area contributed by atoms with Crippen molar-refractivity contribution in [3.05, 3.63) is 66.1 Å². The summed E-state index contributed by atoms with van der Waals surface area (Å²) in [5, 5.41) is 3.08. The van der Waals surface area contributed by atoms with E-state index < -0.39 is 21.8 Å². The van der Waals surface area contributed by atoms with Gasteiger partial charge >= 0.3 is 6.18 Å². The molecule has 0 aliphatic carbocycles. The van der Waals surface area contributed by atoms with Crippen molar-refractivity contribution in [3.63, 3.8) is 0 Å². The zero-order valence-electron chi connectivity index (χ0n) is 17.7. The fourth-order valence-corrected chi connectivity index (χ4v) is 3.54. The predicted molar refractivity (Wildman–Crippen MR) is 115 cm³/mol. The van der Waals surface area contributed by atoms with E-state index in [2.05, 4.69) is 15.0 Å². The van der Waals surface area contributed by atoms with Gasteiger partial charge in [0, 0.05) is 31.0 Å². The molecule has 0 atom stereocenters. The lowest BCUT2D eigenvalue weighted by atomic mass is 10.1. The topological polar surface area (TPSA) is 76.0 Å². The van der Waals surface area contributed by atoms with Crippen LogP contribution in [-0.4, -0.2) is 25.0 Å². The molecule has 0 fully saturated rings. The van der Waals surface area contributed by atoms with Gasteiger partial charge in [0.15, 0.2) is 0 Å². The fraction of sp³-hybridized carbons (Fsp3) is 0.286. The molecule has 0 saturated heterocycles. The van der Waals surface area contributed by atoms with Crippen molar-refractivity contribution in [1.82, 2.24) is 14.3 Å². The maximum Gasteiger partial charge on any atom is 0.416 e. The number of benzene rings is 2. The highest BCUT2D eigenvalue weighted by molar-refractivity contribution is 7.89. The molecule has 3 rings (SSSR count). The Kier molecular flexibility index (Phi) is 7.85. The number of hydrogen-bond donors (Lipinski definition) is 2. The van der Waals surface area contributed by atoms with E-state index in [9.17, 15) is 21.6 Å². The van der Waals surface area contributed by atoms with E-state index in [0.717, 1.165) is 12.1 Å². The van der Waals surface area contributed by atoms with Crippen LogP contribution in [0.2, 0.25) is 0 Å². The molecule has 1 heterocycles. The molecule has 31 heavy (non-hydrogen) atoms. The molecule has 3 aromatic rings. The van der Waals surface area contributed by atoms with Crippen molar-refractivity contribution in [3.8, 4) is 11.3 Å². The number of halogens is 3. The molecule has 2 aromatic carbocycles. The standard InChI is InChI=1S/C19H19F3N4O2S.C2H6/c1-23-29(27,28)15-6-7-17(16(9-15)18-11-26(2)12-25-18)24-10-13-4-3-5-14(8-13)19(20,21)22;1-2/h3-9,11-12,23-24H,10H2,1-2H3;1-2H3. The van der Waals surface area contributed by atoms with Gasteiger partial charge in [0.2, 0.25) is 10.0 Å². The van der Waals surface area contributed by atoms with Crippen molar-refractivity contribution in [2.45, 2.75) is 31.5 Å². The van der Waals surface area contributed by atoms with Crippen LogP contribution in [0.4, 0.5) is 18.9 Å². The Morgan fingerprint density at radius 1 is 1.10 bits per heavy atom. The Morgan fingerprint density at radius 3 is 2.39 bits per heavy atom. The number of nitrogens with one attached hydrogen (secondary N) is 2. The summed E-state index contributed by atoms with van der Waals surface area (Å²) in [5.41, 5.74) is 1.33. The lowest BCUT2D eigenvalue weighted by Crippen LogP contribution is -2.18. The zero-order chi connectivity index (χ0) is 23.2. The Bertz CT molecular complexity index is 1130. The summed E-state index contributed by atoms with van der Waals surface area (Å²) in [6.45, 7) is 4.13. The summed E-state index contributed by atoms with van der Waals surface area (Å²) in [7, 11) is -0.572. The number of rotatable bonds is 6. The highest BCUT2D eigenvalue weighted by atomic mass is 32.2. The van der Waals surface area contributed by atoms with Gasteiger partial charge in [-0.1, -0.05) is 26.0 Å². The SMILES string of the molecule is CC.CNS(=O)(=O)c1ccc(NCc2cccc(C(F)(F)F)c2)c(-c2cn(C)cn2)c1. The van der Waals surface area contributed by atoms with Crippen molar-refractivity contribution >= 4 is 15.7 Å². The number of hydrogen-bond acceptors (Lipinski definition) is 4. The minimum absolute atomic E-state index is 0.0604. The Balaban J connectivity index is 0.00000166. The molecule has 2 N–H and O–H groups in total. The number of alkyl halides is 3. The van der Waals surface area contributed by atoms with E-state index in [1.54, 1.807) is 36.3 Å². The molecule has 0 aliphatic rings. The molecule has 0 amide bonds. The molecule has 0 radical (unpaired) electrons. The first kappa shape index (κ1) is 24.4. The lowest BCUT2D eigenvalue weighted by Gasteiger charge is -2.14. The molecular formula is C21H25F3N4O2S. The van der Waals surface area contributed by atoms with Gasteiger partial charge in [-0.2, -0.15) is 13.2 Å². The third-order valence-corrected chi connectivity index (χ3v) is 5.70. The van der Waals surface area contributed by atoms with Crippen LogP contribution in [0.15, 0.2) is 59.9 Å². The van der Waals surface area contributed by atoms with Crippen LogP contribution in [0.3, 0.4) is 0 Å². The van der Waals surface area contributed by atoms with E-state index in [1.165, 1.54) is 25.2 Å². The van der Waals surface area contributed by atoms with Gasteiger partial charge in [0.05, 0.1) is 22.5 Å². The first-order valence-corrected chi connectivity index (χ1v) is 11.0. The van der Waals surface area contributed by atoms with E-state index in [1.807, 2.05) is 13.8 Å². The molecule has 168 valence electrons. The van der Waals surface area contributed by atoms with E-state index in [4.69, 9.17) is 0 Å². The van der Waals surface area contributed by atoms with Crippen molar-refractivity contribution < 1.29 is 21.6 Å². The average Bonchev–Trinajstić information content (AvgIpc) is 3.19. The summed E-state index contributed by atoms with van der Waals surface area (Å²) in [6, 6.07) is 9.50. The summed E-state index contributed by atoms with van der Waals surface area (Å²) >= 11 is 0. The monoisotopic (exact) mass is 454 g/mol. The second-order valence-electron chi connectivity index (χ2n) is 6.39. The average molecular weight is 455 g/mol. The molecule has 0 spiro atoms. The van der Waals surface area contributed by atoms with Crippen LogP contribution in [-0.2, 0) is 29.8 Å². The van der Waals surface area contributed by atoms with Crippen LogP contribution in [0.5, 0.6) is 0 Å². The quantitative estimate of drug-likeness (QED) is 0.568. The Hall–Kier alpha value is -2.85. The van der Waals surface area contributed by atoms with Crippen LogP contribution in [0.1, 0.15) is 25.0 Å². The van der Waals surface area contributed by atoms with Gasteiger partial charge in [-0.15, -0.1) is 0 Å². The first-order chi connectivity index (χ1) is 14.6. The van der Waals surface area contributed by atoms with Crippen LogP contribution < -0.4 is 10.0 Å². The first-order valence-electron chi connectivity index (χ1n) is 9.56. The van der Waals surface area contributed by atoms with Gasteiger partial charge < -0.3 is 9.88 Å². The summed E-state index contributed by atoms with van der Waals surface area (Å²) in [5.74, 6) is 0. The Morgan fingerprint density at radius 2 is 1.81 bits per heavy atom. The molecule has 0 unspecified atom stereocenters. The van der Waals surface area contributed by atoms with Crippen LogP contribution in [0.25, 0.3) is 11.3 Å². The largest absolute Gasteiger partial charge is 0.416 e. The van der Waals surface area contributed by atoms with Crippen molar-refractivity contribution in [2.75, 3.05) is 12.4 Å². The van der Waals surface area contributed by atoms with Crippen molar-refractivity contribution in [2.24, 2.45) is 7.05 Å². The summed E-state index contributed by atoms with van der Waals surface area (Å²) in [4.78, 5) is 4.32. The molecule has 0 bridgehead atoms. The number of imidazole rings is 1. The summed E-state index contributed by atoms with van der Waals surface area (Å²) in [6.07, 6.45) is -1.12. The number of aromatic nitrogens is 2. The maximum atomic E-state index is 12.9. The second kappa shape index (κ2) is 9.97. The van der Waals surface area contributed by atoms with Gasteiger partial charge in [-0.3, -0.25) is 0 Å². The minimum Gasteiger partial charge on any atom is -0.380 e. The number of aryl methyl sites for hydroxylation is 1. The predicted octanol–water partition coefficient (Wildman–Crippen LogP) is 4.65. The number of anilines is 1. The summed E-state index contributed by atoms with van der Waals surface area (Å²) < 4.78 is 67.0. The van der Waals surface area contributed by atoms with Crippen LogP contribution in [0, 0.1) is 0 Å². The second-order valence-corrected chi connectivity index (χ2v) is 8.28. The van der Waals surface area contributed by atoms with E-state index in [-0.39, 0.29) is 11.4 Å². The lowest BCUT2D eigenvalue weighted by molar-refractivity contribution is -0.137. The molecule has 6 nitrogen and oxygen atoms in total. The van der Waals surface area contributed by atoms with Crippen molar-refractivity contribution in [1.29, 1.82) is 0 Å². The van der Waals surface area contributed by atoms with Crippen LogP contribution >= 0.6 is 0 Å². The number of nitrogens with zero attached hydrogens (tertiary/aromatic N) is 2. The van der Waals surface area contributed by atoms with E-state index in [0.29, 0.717) is 22.5 Å². The third-order valence-electron chi connectivity index (χ3n) is 4.29. The Labute approximate surface area is 180 Å². The molecular weight excluding hydrogens is 429 g/mol. The molecule has 0 saturated carbocycles. The number of sulfonamides is 1. The van der Waals surface area contributed by atoms with Gasteiger partial charge in [0.1, 0.15) is 0 Å². The fourth-order valence-electron chi connectivity index (χ4n) is 2.78. The third kappa shape index (κ3) is 6.08. The maximum absolute atomic E-state index is 12.9. The highest BCUT2D eigenvalue weighted by Gasteiger charge is 2.30. The molecule has 0 aliphatic heterocycles. The smallest absolute Gasteiger partial charge is 0.380 e. The van der Waals surface area contributed by atoms with E-state index >= 15 is 0 Å². The van der Waals surface area contributed by atoms with Gasteiger partial charge in [-0.25, -0.2) is 18.1 Å². The zero-order valence-corrected chi connectivity index (χ0v) is 18.5. The minimum atomic E-state index is -4.42. The van der Waals surface area contributed by atoms with Gasteiger partial charge in [-0.05, 0) is 42.9 Å². The molecule has 1 aromatic heterocycles. The normalized spacial score (nSPS) is 11.6. The van der Waals surface area contributed by atoms with Gasteiger partial charge in [0.25, 0.3) is 0 Å². The highest BCUT2D eigenvalue weighted by Crippen LogP contribution is 2.31. The molecule has 10 heteroatoms.